The van der Waals surface area contributed by atoms with E-state index < -0.39 is 0 Å². The molecule has 0 spiro atoms. The van der Waals surface area contributed by atoms with Crippen LogP contribution in [0, 0.1) is 0 Å². The summed E-state index contributed by atoms with van der Waals surface area (Å²) in [7, 11) is 1.48. The highest BCUT2D eigenvalue weighted by molar-refractivity contribution is 5.91. The molecule has 0 aromatic heterocycles. The molecule has 0 N–H and O–H groups in total. The van der Waals surface area contributed by atoms with Gasteiger partial charge in [-0.3, -0.25) is 0 Å². The Balaban J connectivity index is 2.83. The first-order chi connectivity index (χ1) is 8.27. The summed E-state index contributed by atoms with van der Waals surface area (Å²) in [6.45, 7) is 2.14. The average Bonchev–Trinajstić information content (AvgIpc) is 2.35. The predicted octanol–water partition coefficient (Wildman–Crippen LogP) is 2.24. The van der Waals surface area contributed by atoms with Crippen molar-refractivity contribution in [3.05, 3.63) is 41.5 Å². The highest BCUT2D eigenvalue weighted by atomic mass is 16.6. The van der Waals surface area contributed by atoms with Gasteiger partial charge >= 0.3 is 5.97 Å². The van der Waals surface area contributed by atoms with Crippen molar-refractivity contribution in [1.29, 1.82) is 0 Å². The van der Waals surface area contributed by atoms with Crippen molar-refractivity contribution in [3.8, 4) is 0 Å². The highest BCUT2D eigenvalue weighted by Crippen LogP contribution is 2.08. The fourth-order valence-corrected chi connectivity index (χ4v) is 1.24. The summed E-state index contributed by atoms with van der Waals surface area (Å²) >= 11 is 0. The Morgan fingerprint density at radius 2 is 2.06 bits per heavy atom. The zero-order chi connectivity index (χ0) is 12.5. The Kier molecular flexibility index (Phi) is 5.51. The minimum absolute atomic E-state index is 0.356. The number of hydrogen-bond acceptors (Lipinski definition) is 4. The third kappa shape index (κ3) is 4.51. The van der Waals surface area contributed by atoms with Crippen LogP contribution in [0.1, 0.15) is 18.1 Å². The zero-order valence-electron chi connectivity index (χ0n) is 9.92. The Hall–Kier alpha value is -2.10. The van der Waals surface area contributed by atoms with E-state index in [0.29, 0.717) is 6.61 Å². The van der Waals surface area contributed by atoms with E-state index >= 15 is 0 Å². The maximum absolute atomic E-state index is 11.2. The molecule has 0 aliphatic carbocycles. The van der Waals surface area contributed by atoms with Crippen molar-refractivity contribution < 1.29 is 14.4 Å². The number of rotatable bonds is 5. The van der Waals surface area contributed by atoms with Gasteiger partial charge in [0.25, 0.3) is 0 Å². The van der Waals surface area contributed by atoms with E-state index in [4.69, 9.17) is 4.74 Å². The van der Waals surface area contributed by atoms with Crippen LogP contribution < -0.4 is 0 Å². The minimum Gasteiger partial charge on any atom is -0.463 e. The number of carbonyl (C=O) groups is 1. The highest BCUT2D eigenvalue weighted by Gasteiger charge is 1.97. The van der Waals surface area contributed by atoms with Gasteiger partial charge < -0.3 is 9.57 Å². The van der Waals surface area contributed by atoms with E-state index in [0.717, 1.165) is 11.1 Å². The van der Waals surface area contributed by atoms with Crippen molar-refractivity contribution in [1.82, 2.24) is 0 Å². The molecule has 0 bridgehead atoms. The molecule has 0 unspecified atom stereocenters. The van der Waals surface area contributed by atoms with Gasteiger partial charge in [-0.1, -0.05) is 29.4 Å². The second-order valence-electron chi connectivity index (χ2n) is 3.13. The van der Waals surface area contributed by atoms with Crippen LogP contribution in [-0.4, -0.2) is 25.9 Å². The molecule has 0 fully saturated rings. The van der Waals surface area contributed by atoms with Crippen molar-refractivity contribution >= 4 is 18.3 Å². The first-order valence-electron chi connectivity index (χ1n) is 5.28. The summed E-state index contributed by atoms with van der Waals surface area (Å²) in [5.74, 6) is -0.356. The third-order valence-electron chi connectivity index (χ3n) is 1.98. The van der Waals surface area contributed by atoms with E-state index in [1.807, 2.05) is 24.3 Å². The molecule has 0 saturated carbocycles. The Morgan fingerprint density at radius 1 is 1.35 bits per heavy atom. The predicted molar refractivity (Wildman–Crippen MR) is 66.7 cm³/mol. The van der Waals surface area contributed by atoms with E-state index in [-0.39, 0.29) is 5.97 Å². The SMILES string of the molecule is CCOC(=O)/C=C/c1ccccc1/C=N/OC. The van der Waals surface area contributed by atoms with Crippen LogP contribution in [0.4, 0.5) is 0 Å². The van der Waals surface area contributed by atoms with Gasteiger partial charge in [0, 0.05) is 11.6 Å². The molecular formula is C13H15NO3. The molecule has 4 heteroatoms. The second-order valence-corrected chi connectivity index (χ2v) is 3.13. The van der Waals surface area contributed by atoms with Gasteiger partial charge in [-0.25, -0.2) is 4.79 Å². The maximum atomic E-state index is 11.2. The van der Waals surface area contributed by atoms with E-state index in [1.54, 1.807) is 19.2 Å². The molecule has 90 valence electrons. The van der Waals surface area contributed by atoms with Crippen molar-refractivity contribution in [2.24, 2.45) is 5.16 Å². The van der Waals surface area contributed by atoms with Gasteiger partial charge in [0.05, 0.1) is 12.8 Å². The van der Waals surface area contributed by atoms with Crippen molar-refractivity contribution in [2.75, 3.05) is 13.7 Å². The molecule has 1 aromatic carbocycles. The van der Waals surface area contributed by atoms with Crippen molar-refractivity contribution in [2.45, 2.75) is 6.92 Å². The summed E-state index contributed by atoms with van der Waals surface area (Å²) in [5, 5.41) is 3.69. The summed E-state index contributed by atoms with van der Waals surface area (Å²) in [6, 6.07) is 7.54. The molecule has 0 aliphatic rings. The van der Waals surface area contributed by atoms with Gasteiger partial charge in [-0.15, -0.1) is 0 Å². The number of esters is 1. The number of benzene rings is 1. The van der Waals surface area contributed by atoms with Crippen LogP contribution in [0.5, 0.6) is 0 Å². The lowest BCUT2D eigenvalue weighted by molar-refractivity contribution is -0.137. The number of ether oxygens (including phenoxy) is 1. The van der Waals surface area contributed by atoms with Crippen LogP contribution in [0.3, 0.4) is 0 Å². The number of oxime groups is 1. The maximum Gasteiger partial charge on any atom is 0.330 e. The lowest BCUT2D eigenvalue weighted by Gasteiger charge is -1.99. The Labute approximate surface area is 101 Å². The molecule has 0 heterocycles. The number of hydrogen-bond donors (Lipinski definition) is 0. The molecule has 1 rings (SSSR count). The molecule has 0 radical (unpaired) electrons. The average molecular weight is 233 g/mol. The Morgan fingerprint density at radius 3 is 2.71 bits per heavy atom. The minimum atomic E-state index is -0.356. The van der Waals surface area contributed by atoms with Crippen LogP contribution in [0.25, 0.3) is 6.08 Å². The Bertz CT molecular complexity index is 424. The van der Waals surface area contributed by atoms with Crippen LogP contribution in [0.2, 0.25) is 0 Å². The quantitative estimate of drug-likeness (QED) is 0.339. The standard InChI is InChI=1S/C13H15NO3/c1-3-17-13(15)9-8-11-6-4-5-7-12(11)10-14-16-2/h4-10H,3H2,1-2H3/b9-8+,14-10+. The lowest BCUT2D eigenvalue weighted by Crippen LogP contribution is -1.99. The molecule has 0 atom stereocenters. The molecule has 0 amide bonds. The molecular weight excluding hydrogens is 218 g/mol. The second kappa shape index (κ2) is 7.22. The van der Waals surface area contributed by atoms with E-state index in [2.05, 4.69) is 9.99 Å². The van der Waals surface area contributed by atoms with Gasteiger partial charge in [0.15, 0.2) is 0 Å². The first kappa shape index (κ1) is 13.0. The number of nitrogens with zero attached hydrogens (tertiary/aromatic N) is 1. The largest absolute Gasteiger partial charge is 0.463 e. The smallest absolute Gasteiger partial charge is 0.330 e. The van der Waals surface area contributed by atoms with Gasteiger partial charge in [0.1, 0.15) is 7.11 Å². The third-order valence-corrected chi connectivity index (χ3v) is 1.98. The zero-order valence-corrected chi connectivity index (χ0v) is 9.92. The molecule has 17 heavy (non-hydrogen) atoms. The van der Waals surface area contributed by atoms with Crippen LogP contribution in [0.15, 0.2) is 35.5 Å². The number of carbonyl (C=O) groups excluding carboxylic acids is 1. The normalized spacial score (nSPS) is 10.9. The van der Waals surface area contributed by atoms with Gasteiger partial charge in [-0.05, 0) is 18.6 Å². The summed E-state index contributed by atoms with van der Waals surface area (Å²) in [4.78, 5) is 15.8. The lowest BCUT2D eigenvalue weighted by atomic mass is 10.1. The first-order valence-corrected chi connectivity index (χ1v) is 5.28. The summed E-state index contributed by atoms with van der Waals surface area (Å²) in [6.07, 6.45) is 4.67. The molecule has 1 aromatic rings. The fourth-order valence-electron chi connectivity index (χ4n) is 1.24. The summed E-state index contributed by atoms with van der Waals surface area (Å²) < 4.78 is 4.80. The molecule has 0 saturated heterocycles. The van der Waals surface area contributed by atoms with E-state index in [1.165, 1.54) is 13.2 Å². The monoisotopic (exact) mass is 233 g/mol. The fraction of sp³-hybridized carbons (Fsp3) is 0.231. The summed E-state index contributed by atoms with van der Waals surface area (Å²) in [5.41, 5.74) is 1.75. The van der Waals surface area contributed by atoms with Gasteiger partial charge in [-0.2, -0.15) is 0 Å². The van der Waals surface area contributed by atoms with Gasteiger partial charge in [0.2, 0.25) is 0 Å². The topological polar surface area (TPSA) is 47.9 Å². The van der Waals surface area contributed by atoms with Crippen molar-refractivity contribution in [3.63, 3.8) is 0 Å². The van der Waals surface area contributed by atoms with E-state index in [9.17, 15) is 4.79 Å². The van der Waals surface area contributed by atoms with Crippen LogP contribution in [-0.2, 0) is 14.4 Å². The van der Waals surface area contributed by atoms with Crippen LogP contribution >= 0.6 is 0 Å². The molecule has 0 aliphatic heterocycles. The molecule has 4 nitrogen and oxygen atoms in total.